The number of nitrogens with one attached hydrogen (secondary N) is 1. The van der Waals surface area contributed by atoms with Crippen molar-refractivity contribution >= 4 is 40.2 Å². The molecule has 0 saturated carbocycles. The van der Waals surface area contributed by atoms with E-state index in [0.29, 0.717) is 4.67 Å². The van der Waals surface area contributed by atoms with Crippen molar-refractivity contribution in [2.24, 2.45) is 0 Å². The Morgan fingerprint density at radius 3 is 2.67 bits per heavy atom. The zero-order valence-electron chi connectivity index (χ0n) is 12.0. The van der Waals surface area contributed by atoms with Crippen LogP contribution in [-0.2, 0) is 4.79 Å². The molecule has 0 radical (unpaired) electrons. The van der Waals surface area contributed by atoms with Crippen LogP contribution in [0.3, 0.4) is 0 Å². The molecule has 2 rings (SSSR count). The van der Waals surface area contributed by atoms with Crippen LogP contribution >= 0.6 is 28.3 Å². The van der Waals surface area contributed by atoms with E-state index in [4.69, 9.17) is 4.42 Å². The lowest BCUT2D eigenvalue weighted by atomic mass is 10.2. The maximum absolute atomic E-state index is 12.1. The fourth-order valence-corrected chi connectivity index (χ4v) is 2.48. The van der Waals surface area contributed by atoms with Gasteiger partial charge < -0.3 is 19.5 Å². The van der Waals surface area contributed by atoms with Crippen LogP contribution in [0.5, 0.6) is 0 Å². The third-order valence-electron chi connectivity index (χ3n) is 3.48. The normalized spacial score (nSPS) is 17.2. The van der Waals surface area contributed by atoms with Gasteiger partial charge in [-0.05, 0) is 41.0 Å². The summed E-state index contributed by atoms with van der Waals surface area (Å²) in [5, 5.41) is 3.22. The minimum absolute atomic E-state index is 0. The van der Waals surface area contributed by atoms with Crippen LogP contribution in [0.25, 0.3) is 0 Å². The Balaban J connectivity index is 0.00000220. The Kier molecular flexibility index (Phi) is 6.70. The fraction of sp³-hybridized carbons (Fsp3) is 0.538. The van der Waals surface area contributed by atoms with E-state index in [-0.39, 0.29) is 42.6 Å². The molecule has 1 saturated heterocycles. The molecule has 1 aromatic rings. The lowest BCUT2D eigenvalue weighted by molar-refractivity contribution is -0.132. The molecule has 118 valence electrons. The molecular formula is C13H19BrClN3O3. The summed E-state index contributed by atoms with van der Waals surface area (Å²) in [6, 6.07) is 3.45. The first-order chi connectivity index (χ1) is 9.49. The van der Waals surface area contributed by atoms with Gasteiger partial charge >= 0.3 is 0 Å². The van der Waals surface area contributed by atoms with Crippen molar-refractivity contribution in [3.8, 4) is 0 Å². The second kappa shape index (κ2) is 7.82. The van der Waals surface area contributed by atoms with Gasteiger partial charge in [0, 0.05) is 26.7 Å². The highest BCUT2D eigenvalue weighted by atomic mass is 79.9. The van der Waals surface area contributed by atoms with Crippen LogP contribution in [0.15, 0.2) is 21.2 Å². The summed E-state index contributed by atoms with van der Waals surface area (Å²) in [6.07, 6.45) is 0.949. The Hall–Kier alpha value is -1.05. The van der Waals surface area contributed by atoms with Gasteiger partial charge in [0.15, 0.2) is 10.4 Å². The first-order valence-electron chi connectivity index (χ1n) is 6.46. The number of rotatable bonds is 4. The number of hydrogen-bond donors (Lipinski definition) is 1. The van der Waals surface area contributed by atoms with Gasteiger partial charge in [0.2, 0.25) is 5.91 Å². The second-order valence-corrected chi connectivity index (χ2v) is 5.70. The maximum Gasteiger partial charge on any atom is 0.289 e. The first-order valence-corrected chi connectivity index (χ1v) is 7.25. The van der Waals surface area contributed by atoms with Gasteiger partial charge in [0.25, 0.3) is 5.91 Å². The molecule has 6 nitrogen and oxygen atoms in total. The molecule has 21 heavy (non-hydrogen) atoms. The number of carbonyl (C=O) groups is 2. The van der Waals surface area contributed by atoms with Gasteiger partial charge in [0.1, 0.15) is 0 Å². The van der Waals surface area contributed by atoms with Crippen LogP contribution in [0.1, 0.15) is 17.0 Å². The smallest absolute Gasteiger partial charge is 0.289 e. The van der Waals surface area contributed by atoms with Gasteiger partial charge in [-0.2, -0.15) is 0 Å². The standard InChI is InChI=1S/C13H18BrN3O3.ClH/c1-16(13(19)10-3-4-11(14)20-10)8-12(18)17(2)9-5-6-15-7-9;/h3-4,9,15H,5-8H2,1-2H3;1H. The summed E-state index contributed by atoms with van der Waals surface area (Å²) in [6.45, 7) is 1.78. The number of halogens is 2. The largest absolute Gasteiger partial charge is 0.444 e. The van der Waals surface area contributed by atoms with Gasteiger partial charge in [-0.3, -0.25) is 9.59 Å². The van der Waals surface area contributed by atoms with Crippen LogP contribution < -0.4 is 5.32 Å². The van der Waals surface area contributed by atoms with Crippen LogP contribution in [0.4, 0.5) is 0 Å². The third kappa shape index (κ3) is 4.46. The highest BCUT2D eigenvalue weighted by molar-refractivity contribution is 9.10. The van der Waals surface area contributed by atoms with Crippen molar-refractivity contribution in [2.75, 3.05) is 33.7 Å². The molecule has 0 aliphatic carbocycles. The Labute approximate surface area is 138 Å². The number of nitrogens with zero attached hydrogens (tertiary/aromatic N) is 2. The van der Waals surface area contributed by atoms with E-state index in [9.17, 15) is 9.59 Å². The van der Waals surface area contributed by atoms with E-state index in [1.165, 1.54) is 4.90 Å². The molecule has 0 bridgehead atoms. The highest BCUT2D eigenvalue weighted by Crippen LogP contribution is 2.15. The first kappa shape index (κ1) is 18.0. The number of likely N-dealkylation sites (N-methyl/N-ethyl adjacent to an activating group) is 2. The summed E-state index contributed by atoms with van der Waals surface area (Å²) < 4.78 is 5.69. The number of furan rings is 1. The van der Waals surface area contributed by atoms with Crippen LogP contribution in [0.2, 0.25) is 0 Å². The molecule has 1 aliphatic rings. The van der Waals surface area contributed by atoms with Crippen molar-refractivity contribution < 1.29 is 14.0 Å². The summed E-state index contributed by atoms with van der Waals surface area (Å²) in [5.41, 5.74) is 0. The van der Waals surface area contributed by atoms with Crippen molar-refractivity contribution in [3.05, 3.63) is 22.6 Å². The predicted octanol–water partition coefficient (Wildman–Crippen LogP) is 1.36. The van der Waals surface area contributed by atoms with Crippen molar-refractivity contribution in [1.82, 2.24) is 15.1 Å². The Morgan fingerprint density at radius 2 is 2.14 bits per heavy atom. The van der Waals surface area contributed by atoms with Gasteiger partial charge in [0.05, 0.1) is 6.54 Å². The van der Waals surface area contributed by atoms with E-state index in [0.717, 1.165) is 19.5 Å². The maximum atomic E-state index is 12.1. The van der Waals surface area contributed by atoms with Crippen molar-refractivity contribution in [2.45, 2.75) is 12.5 Å². The average molecular weight is 381 g/mol. The van der Waals surface area contributed by atoms with Gasteiger partial charge in [-0.25, -0.2) is 0 Å². The van der Waals surface area contributed by atoms with Crippen LogP contribution in [-0.4, -0.2) is 61.4 Å². The summed E-state index contributed by atoms with van der Waals surface area (Å²) in [4.78, 5) is 27.3. The molecule has 1 N–H and O–H groups in total. The third-order valence-corrected chi connectivity index (χ3v) is 3.90. The summed E-state index contributed by atoms with van der Waals surface area (Å²) in [7, 11) is 3.37. The lowest BCUT2D eigenvalue weighted by Crippen LogP contribution is -2.44. The molecule has 0 spiro atoms. The molecular weight excluding hydrogens is 362 g/mol. The van der Waals surface area contributed by atoms with E-state index in [1.54, 1.807) is 31.1 Å². The summed E-state index contributed by atoms with van der Waals surface area (Å²) >= 11 is 3.15. The molecule has 1 aromatic heterocycles. The fourth-order valence-electron chi connectivity index (χ4n) is 2.18. The predicted molar refractivity (Wildman–Crippen MR) is 84.7 cm³/mol. The van der Waals surface area contributed by atoms with E-state index >= 15 is 0 Å². The summed E-state index contributed by atoms with van der Waals surface area (Å²) in [5.74, 6) is -0.153. The molecule has 2 heterocycles. The Bertz CT molecular complexity index is 503. The zero-order valence-corrected chi connectivity index (χ0v) is 14.4. The highest BCUT2D eigenvalue weighted by Gasteiger charge is 2.25. The minimum atomic E-state index is -0.304. The lowest BCUT2D eigenvalue weighted by Gasteiger charge is -2.26. The quantitative estimate of drug-likeness (QED) is 0.856. The Morgan fingerprint density at radius 1 is 1.43 bits per heavy atom. The number of carbonyl (C=O) groups excluding carboxylic acids is 2. The van der Waals surface area contributed by atoms with Gasteiger partial charge in [-0.1, -0.05) is 0 Å². The van der Waals surface area contributed by atoms with Gasteiger partial charge in [-0.15, -0.1) is 12.4 Å². The molecule has 2 amide bonds. The topological polar surface area (TPSA) is 65.8 Å². The SMILES string of the molecule is CN(CC(=O)N(C)C1CCNC1)C(=O)c1ccc(Br)o1.Cl. The average Bonchev–Trinajstić information content (AvgIpc) is 3.07. The molecule has 0 aromatic carbocycles. The van der Waals surface area contributed by atoms with E-state index in [2.05, 4.69) is 21.2 Å². The molecule has 1 aliphatic heterocycles. The van der Waals surface area contributed by atoms with E-state index < -0.39 is 0 Å². The zero-order chi connectivity index (χ0) is 14.7. The van der Waals surface area contributed by atoms with Crippen molar-refractivity contribution in [1.29, 1.82) is 0 Å². The second-order valence-electron chi connectivity index (χ2n) is 4.92. The van der Waals surface area contributed by atoms with Crippen molar-refractivity contribution in [3.63, 3.8) is 0 Å². The number of amides is 2. The molecule has 1 atom stereocenters. The van der Waals surface area contributed by atoms with Crippen LogP contribution in [0, 0.1) is 0 Å². The number of hydrogen-bond acceptors (Lipinski definition) is 4. The monoisotopic (exact) mass is 379 g/mol. The molecule has 1 fully saturated rings. The molecule has 1 unspecified atom stereocenters. The molecule has 8 heteroatoms. The minimum Gasteiger partial charge on any atom is -0.444 e. The van der Waals surface area contributed by atoms with E-state index in [1.807, 2.05) is 0 Å².